The number of benzene rings is 5. The molecule has 28 nitrogen and oxygen atoms in total. The Bertz CT molecular complexity index is 7130. The molecule has 11 aromatic heterocycles. The number of aromatic amines is 1. The lowest BCUT2D eigenvalue weighted by molar-refractivity contribution is -0.125. The van der Waals surface area contributed by atoms with Crippen LogP contribution in [0, 0.1) is 33.1 Å². The van der Waals surface area contributed by atoms with Crippen molar-refractivity contribution in [3.05, 3.63) is 320 Å². The molecule has 138 heavy (non-hydrogen) atoms. The van der Waals surface area contributed by atoms with Crippen molar-refractivity contribution >= 4 is 70.0 Å². The molecule has 16 heterocycles. The molecule has 29 heteroatoms. The maximum atomic E-state index is 13.1. The average Bonchev–Trinajstić information content (AvgIpc) is 1.69. The van der Waals surface area contributed by atoms with Crippen molar-refractivity contribution in [1.29, 1.82) is 0 Å². The number of H-pyrrole nitrogens is 1. The molecule has 5 aromatic carbocycles. The second-order valence-corrected chi connectivity index (χ2v) is 36.3. The van der Waals surface area contributed by atoms with Gasteiger partial charge in [0.2, 0.25) is 17.7 Å². The van der Waals surface area contributed by atoms with Gasteiger partial charge in [0.25, 0.3) is 11.5 Å². The number of ether oxygens (including phenoxy) is 2. The molecule has 21 rings (SSSR count). The predicted molar refractivity (Wildman–Crippen MR) is 541 cm³/mol. The summed E-state index contributed by atoms with van der Waals surface area (Å²) >= 11 is 1.46. The summed E-state index contributed by atoms with van der Waals surface area (Å²) < 4.78 is 19.4. The first-order chi connectivity index (χ1) is 67.1. The van der Waals surface area contributed by atoms with Crippen LogP contribution < -0.4 is 35.2 Å². The topological polar surface area (TPSA) is 302 Å². The zero-order valence-corrected chi connectivity index (χ0v) is 80.4. The minimum absolute atomic E-state index is 0.00584. The van der Waals surface area contributed by atoms with E-state index in [2.05, 4.69) is 113 Å². The SMILES string of the molecule is CCCCCC(=O)N1CCc2c(nn(-c3ccc(OC)cc3)c2C)-c2cccnc21.CCCCCC(=O)N1CCc2c(nn(-c3ccccc3)c2C)-c2cccnc21.COC(=O)c1ccc(-n2[nH]c3c(c2=O)CCNc2ncccc2-3)cc1.Cc1c2c(nn1-c1ccccc1)-c1cccnc1N(C(=O)C(C)(C)C)CC2.Cc1c2c(nn1-c1ccccc1)-c1cccnc1N(C(=O)c1cccs1)CC2. The summed E-state index contributed by atoms with van der Waals surface area (Å²) in [5.41, 5.74) is 23.5. The maximum Gasteiger partial charge on any atom is 0.337 e. The minimum atomic E-state index is -0.463. The third kappa shape index (κ3) is 19.5. The second kappa shape index (κ2) is 42.1. The molecule has 5 aliphatic heterocycles. The van der Waals surface area contributed by atoms with E-state index in [1.807, 2.05) is 211 Å². The van der Waals surface area contributed by atoms with Crippen LogP contribution in [0.3, 0.4) is 0 Å². The van der Waals surface area contributed by atoms with Gasteiger partial charge in [0, 0.05) is 160 Å². The number of aromatic nitrogens is 15. The number of rotatable bonds is 16. The molecule has 0 spiro atoms. The molecule has 0 unspecified atom stereocenters. The Balaban J connectivity index is 0.000000119. The van der Waals surface area contributed by atoms with Crippen LogP contribution in [0.5, 0.6) is 5.75 Å². The van der Waals surface area contributed by atoms with E-state index in [0.29, 0.717) is 74.9 Å². The summed E-state index contributed by atoms with van der Waals surface area (Å²) in [7, 11) is 3.00. The number of carbonyl (C=O) groups excluding carboxylic acids is 5. The first-order valence-corrected chi connectivity index (χ1v) is 48.0. The van der Waals surface area contributed by atoms with E-state index < -0.39 is 11.4 Å². The van der Waals surface area contributed by atoms with Crippen LogP contribution in [-0.2, 0) is 51.2 Å². The van der Waals surface area contributed by atoms with Crippen molar-refractivity contribution in [1.82, 2.24) is 73.8 Å². The standard InChI is InChI=1S/C24H28N4O2.C23H26N4O.C22H18N4OS.C22H24N4O.C18H16N4O3/c1-4-5-6-9-22(29)27-16-14-20-17(2)28(18-10-12-19(30-3)13-11-18)26-23(20)21-8-7-15-25-24(21)27;1-3-4-6-13-21(28)26-16-14-19-17(2)27(18-10-7-5-8-11-18)25-22(19)20-12-9-15-24-23(20)26;1-15-17-11-13-25(22(27)19-10-6-14-28-19)21-18(9-5-12-23-21)20(17)24-26(15)16-7-3-2-4-8-16;1-15-17-12-14-25(21(27)22(2,3)4)20-18(11-8-13-23-20)19(17)24-26(15)16-9-6-5-7-10-16;1-25-18(24)11-4-6-12(7-5-11)22-17(23)14-8-10-20-16-13(15(14)21-22)3-2-9-19-16/h7-8,10-13,15H,4-6,9,14,16H2,1-3H3;5,7-12,15H,3-4,6,13-14,16H2,1-2H3;2-10,12,14H,11,13H2,1H3;5-11,13H,12,14H2,1-4H3;2-7,9,21H,8,10H2,1H3,(H,19,20). The Morgan fingerprint density at radius 1 is 0.406 bits per heavy atom. The number of esters is 1. The highest BCUT2D eigenvalue weighted by Gasteiger charge is 2.37. The summed E-state index contributed by atoms with van der Waals surface area (Å²) in [6.07, 6.45) is 19.7. The number of unbranched alkanes of at least 4 members (excludes halogenated alkanes) is 4. The van der Waals surface area contributed by atoms with Crippen molar-refractivity contribution in [2.45, 2.75) is 146 Å². The van der Waals surface area contributed by atoms with E-state index >= 15 is 0 Å². The van der Waals surface area contributed by atoms with Crippen LogP contribution in [-0.4, -0.2) is 150 Å². The summed E-state index contributed by atoms with van der Waals surface area (Å²) in [4.78, 5) is 107. The Morgan fingerprint density at radius 3 is 1.19 bits per heavy atom. The van der Waals surface area contributed by atoms with Crippen molar-refractivity contribution in [2.24, 2.45) is 5.41 Å². The zero-order valence-electron chi connectivity index (χ0n) is 79.6. The van der Waals surface area contributed by atoms with Crippen molar-refractivity contribution < 1.29 is 33.4 Å². The molecule has 0 aliphatic carbocycles. The van der Waals surface area contributed by atoms with Crippen LogP contribution in [0.1, 0.15) is 157 Å². The maximum absolute atomic E-state index is 13.1. The first-order valence-electron chi connectivity index (χ1n) is 47.1. The van der Waals surface area contributed by atoms with Gasteiger partial charge in [-0.25, -0.2) is 53.1 Å². The number of anilines is 5. The predicted octanol–water partition coefficient (Wildman–Crippen LogP) is 20.1. The number of pyridine rings is 5. The van der Waals surface area contributed by atoms with Gasteiger partial charge in [-0.15, -0.1) is 11.3 Å². The smallest absolute Gasteiger partial charge is 0.337 e. The fourth-order valence-electron chi connectivity index (χ4n) is 18.3. The Hall–Kier alpha value is -15.7. The van der Waals surface area contributed by atoms with Gasteiger partial charge in [-0.3, -0.25) is 48.7 Å². The highest BCUT2D eigenvalue weighted by molar-refractivity contribution is 7.12. The highest BCUT2D eigenvalue weighted by atomic mass is 32.1. The molecular weight excluding hydrogens is 1750 g/mol. The number of hydrogen-bond donors (Lipinski definition) is 2. The van der Waals surface area contributed by atoms with Crippen LogP contribution in [0.15, 0.2) is 253 Å². The molecule has 2 N–H and O–H groups in total. The Morgan fingerprint density at radius 2 is 0.790 bits per heavy atom. The van der Waals surface area contributed by atoms with Gasteiger partial charge in [-0.05, 0) is 230 Å². The Labute approximate surface area is 806 Å². The Kier molecular flexibility index (Phi) is 28.7. The number of fused-ring (bicyclic) bond motifs is 15. The summed E-state index contributed by atoms with van der Waals surface area (Å²) in [5, 5.41) is 28.1. The minimum Gasteiger partial charge on any atom is -0.497 e. The number of hydrogen-bond acceptors (Lipinski definition) is 19. The zero-order chi connectivity index (χ0) is 96.3. The van der Waals surface area contributed by atoms with Crippen LogP contribution in [0.2, 0.25) is 0 Å². The average molecular weight is 1860 g/mol. The quantitative estimate of drug-likeness (QED) is 0.0671. The number of thiophene rings is 1. The van der Waals surface area contributed by atoms with Crippen LogP contribution >= 0.6 is 11.3 Å². The molecular formula is C109H112N20O8S. The van der Waals surface area contributed by atoms with Gasteiger partial charge in [0.15, 0.2) is 0 Å². The van der Waals surface area contributed by atoms with E-state index in [4.69, 9.17) is 29.9 Å². The van der Waals surface area contributed by atoms with Gasteiger partial charge in [-0.1, -0.05) is 121 Å². The molecule has 0 fully saturated rings. The fraction of sp³-hybridized carbons (Fsp3) is 0.275. The molecule has 0 saturated heterocycles. The highest BCUT2D eigenvalue weighted by Crippen LogP contribution is 2.43. The van der Waals surface area contributed by atoms with E-state index in [1.165, 1.54) is 45.4 Å². The van der Waals surface area contributed by atoms with E-state index in [0.717, 1.165) is 200 Å². The number of para-hydroxylation sites is 3. The van der Waals surface area contributed by atoms with E-state index in [-0.39, 0.29) is 29.2 Å². The van der Waals surface area contributed by atoms with E-state index in [9.17, 15) is 28.8 Å². The molecule has 5 aliphatic rings. The lowest BCUT2D eigenvalue weighted by Gasteiger charge is -2.28. The summed E-state index contributed by atoms with van der Waals surface area (Å²) in [6.45, 7) is 21.6. The lowest BCUT2D eigenvalue weighted by Crippen LogP contribution is -2.41. The number of carbonyl (C=O) groups is 5. The van der Waals surface area contributed by atoms with Crippen LogP contribution in [0.25, 0.3) is 84.7 Å². The van der Waals surface area contributed by atoms with Gasteiger partial charge in [0.05, 0.1) is 81.6 Å². The van der Waals surface area contributed by atoms with Gasteiger partial charge in [0.1, 0.15) is 34.8 Å². The van der Waals surface area contributed by atoms with Crippen molar-refractivity contribution in [2.75, 3.05) is 71.9 Å². The normalized spacial score (nSPS) is 13.0. The summed E-state index contributed by atoms with van der Waals surface area (Å²) in [6, 6.07) is 68.3. The molecule has 4 amide bonds. The van der Waals surface area contributed by atoms with E-state index in [1.54, 1.807) is 67.3 Å². The number of nitrogens with one attached hydrogen (secondary N) is 2. The fourth-order valence-corrected chi connectivity index (χ4v) is 19.0. The van der Waals surface area contributed by atoms with Gasteiger partial charge in [-0.2, -0.15) is 20.4 Å². The van der Waals surface area contributed by atoms with Crippen molar-refractivity contribution in [3.8, 4) is 90.5 Å². The third-order valence-electron chi connectivity index (χ3n) is 25.5. The third-order valence-corrected chi connectivity index (χ3v) is 26.4. The van der Waals surface area contributed by atoms with Crippen molar-refractivity contribution in [3.63, 3.8) is 0 Å². The largest absolute Gasteiger partial charge is 0.497 e. The first kappa shape index (κ1) is 94.1. The number of amides is 4. The number of methoxy groups -OCH3 is 2. The molecule has 0 radical (unpaired) electrons. The molecule has 702 valence electrons. The second-order valence-electron chi connectivity index (χ2n) is 35.4. The molecule has 0 atom stereocenters. The molecule has 0 saturated carbocycles. The number of nitrogens with zero attached hydrogens (tertiary/aromatic N) is 18. The lowest BCUT2D eigenvalue weighted by atomic mass is 9.94. The molecule has 16 aromatic rings. The summed E-state index contributed by atoms with van der Waals surface area (Å²) in [5.74, 6) is 4.39. The van der Waals surface area contributed by atoms with Gasteiger partial charge < -0.3 is 14.8 Å². The van der Waals surface area contributed by atoms with Gasteiger partial charge >= 0.3 is 5.97 Å². The molecule has 0 bridgehead atoms. The van der Waals surface area contributed by atoms with Crippen LogP contribution in [0.4, 0.5) is 29.1 Å². The monoisotopic (exact) mass is 1860 g/mol.